The van der Waals surface area contributed by atoms with Gasteiger partial charge in [0.15, 0.2) is 22.3 Å². The third kappa shape index (κ3) is 7.58. The van der Waals surface area contributed by atoms with E-state index in [2.05, 4.69) is 22.4 Å². The van der Waals surface area contributed by atoms with Crippen molar-refractivity contribution in [1.29, 1.82) is 0 Å². The van der Waals surface area contributed by atoms with Gasteiger partial charge in [-0.25, -0.2) is 14.6 Å². The van der Waals surface area contributed by atoms with E-state index in [1.807, 2.05) is 24.3 Å². The molecule has 0 bridgehead atoms. The smallest absolute Gasteiger partial charge is 0.352 e. The number of hydrogen-bond acceptors (Lipinski definition) is 12. The van der Waals surface area contributed by atoms with E-state index in [0.717, 1.165) is 75.6 Å². The molecule has 0 radical (unpaired) electrons. The number of nitrogens with one attached hydrogen (secondary N) is 1. The number of thioether (sulfide) groups is 1. The Labute approximate surface area is 312 Å². The van der Waals surface area contributed by atoms with Crippen LogP contribution in [0.15, 0.2) is 64.3 Å². The lowest BCUT2D eigenvalue weighted by atomic mass is 9.95. The number of phenols is 2. The summed E-state index contributed by atoms with van der Waals surface area (Å²) in [6.45, 7) is 7.95. The van der Waals surface area contributed by atoms with Crippen molar-refractivity contribution in [2.24, 2.45) is 5.16 Å². The Morgan fingerprint density at radius 2 is 1.83 bits per heavy atom. The summed E-state index contributed by atoms with van der Waals surface area (Å²) in [5.41, 5.74) is 7.88. The lowest BCUT2D eigenvalue weighted by Gasteiger charge is -2.49. The van der Waals surface area contributed by atoms with Crippen LogP contribution in [-0.4, -0.2) is 100 Å². The number of quaternary nitrogens is 1. The van der Waals surface area contributed by atoms with Crippen LogP contribution in [0.4, 0.5) is 5.13 Å². The van der Waals surface area contributed by atoms with Crippen molar-refractivity contribution in [2.75, 3.05) is 24.6 Å². The average molecular weight is 764 g/mol. The zero-order valence-corrected chi connectivity index (χ0v) is 30.7. The molecule has 0 saturated carbocycles. The minimum Gasteiger partial charge on any atom is -0.504 e. The van der Waals surface area contributed by atoms with Crippen LogP contribution in [0.2, 0.25) is 0 Å². The minimum absolute atomic E-state index is 0.0180. The van der Waals surface area contributed by atoms with E-state index in [0.29, 0.717) is 5.57 Å². The normalized spacial score (nSPS) is 21.5. The van der Waals surface area contributed by atoms with Gasteiger partial charge in [-0.1, -0.05) is 41.6 Å². The van der Waals surface area contributed by atoms with E-state index in [1.54, 1.807) is 24.3 Å². The van der Waals surface area contributed by atoms with E-state index < -0.39 is 46.5 Å². The quantitative estimate of drug-likeness (QED) is 0.0514. The van der Waals surface area contributed by atoms with Crippen LogP contribution in [0.3, 0.4) is 0 Å². The summed E-state index contributed by atoms with van der Waals surface area (Å²) in [6, 6.07) is 10.2. The van der Waals surface area contributed by atoms with Gasteiger partial charge in [-0.3, -0.25) is 14.5 Å². The fraction of sp³-hybridized carbons (Fsp3) is 0.333. The summed E-state index contributed by atoms with van der Waals surface area (Å²) in [5.74, 6) is -4.07. The number of fused-ring (bicyclic) bond motifs is 2. The number of likely N-dealkylation sites (N-methyl/N-ethyl adjacent to an activating group) is 1. The first-order valence-corrected chi connectivity index (χ1v) is 18.6. The van der Waals surface area contributed by atoms with Crippen molar-refractivity contribution in [3.8, 4) is 11.5 Å². The number of benzene rings is 2. The number of aromatic hydroxyl groups is 2. The Kier molecular flexibility index (Phi) is 10.3. The van der Waals surface area contributed by atoms with Gasteiger partial charge in [-0.15, -0.1) is 23.1 Å². The number of nitrogens with two attached hydrogens (primary N) is 1. The Morgan fingerprint density at radius 1 is 1.13 bits per heavy atom. The third-order valence-corrected chi connectivity index (χ3v) is 11.6. The Balaban J connectivity index is 1.14. The van der Waals surface area contributed by atoms with Crippen molar-refractivity contribution >= 4 is 63.8 Å². The molecule has 7 N–H and O–H groups in total. The van der Waals surface area contributed by atoms with E-state index in [1.165, 1.54) is 31.0 Å². The maximum absolute atomic E-state index is 13.4. The standard InChI is InChI=1S/C36H38N6O9S2/c1-4-42(12-11-21-13-25(43)26(44)14-23(21)16-42)15-20-7-5-19(6-8-20)9-10-22-17-52-32-28(31(46)41(32)29(22)33(47)48)39-30(45)27(24-18-53-35(37)38-24)40-51-36(2,3)34(49)50/h5-10,13-14,18,28,32H,4,11-12,15-17H2,1-3H3,(H6-,37,38,39,40,43,44,45,47,48,49,50)/p+1/b10-9+/t28-,32-,42?/m1/s1. The van der Waals surface area contributed by atoms with Gasteiger partial charge in [0.25, 0.3) is 11.8 Å². The molecular formula is C36H39N6O9S2+. The van der Waals surface area contributed by atoms with Crippen molar-refractivity contribution in [2.45, 2.75) is 57.3 Å². The van der Waals surface area contributed by atoms with E-state index in [4.69, 9.17) is 10.6 Å². The van der Waals surface area contributed by atoms with E-state index in [-0.39, 0.29) is 33.8 Å². The zero-order chi connectivity index (χ0) is 38.2. The van der Waals surface area contributed by atoms with Crippen LogP contribution in [0, 0.1) is 0 Å². The number of nitrogen functional groups attached to an aromatic ring is 1. The molecular weight excluding hydrogens is 725 g/mol. The number of aromatic nitrogens is 1. The Bertz CT molecular complexity index is 2080. The number of thiazole rings is 1. The van der Waals surface area contributed by atoms with E-state index in [9.17, 15) is 39.6 Å². The summed E-state index contributed by atoms with van der Waals surface area (Å²) in [7, 11) is 0. The number of β-lactam (4-membered cyclic amide) rings is 1. The van der Waals surface area contributed by atoms with Gasteiger partial charge < -0.3 is 40.8 Å². The molecule has 1 saturated heterocycles. The van der Waals surface area contributed by atoms with Crippen LogP contribution in [-0.2, 0) is 43.5 Å². The molecule has 3 atom stereocenters. The monoisotopic (exact) mass is 763 g/mol. The largest absolute Gasteiger partial charge is 0.504 e. The fourth-order valence-corrected chi connectivity index (χ4v) is 8.32. The first kappa shape index (κ1) is 37.4. The predicted octanol–water partition coefficient (Wildman–Crippen LogP) is 3.27. The molecule has 3 aromatic rings. The molecule has 3 aliphatic rings. The number of oxime groups is 1. The number of phenolic OH excluding ortho intramolecular Hbond substituents is 2. The molecule has 15 nitrogen and oxygen atoms in total. The SMILES string of the molecule is CC[N+]1(Cc2ccc(/C=C/C3=C(C(=O)O)N4C(=O)[C@@H](NC(=O)/C(=N\OC(C)(C)C(=O)O)c5csc(N)n5)[C@H]4SC3)cc2)CCc2cc(O)c(O)cc2C1. The summed E-state index contributed by atoms with van der Waals surface area (Å²) in [4.78, 5) is 61.0. The molecule has 6 rings (SSSR count). The highest BCUT2D eigenvalue weighted by Crippen LogP contribution is 2.41. The second kappa shape index (κ2) is 14.6. The Hall–Kier alpha value is -5.39. The van der Waals surface area contributed by atoms with Crippen molar-refractivity contribution in [3.05, 3.63) is 87.1 Å². The molecule has 2 aromatic carbocycles. The predicted molar refractivity (Wildman–Crippen MR) is 198 cm³/mol. The molecule has 278 valence electrons. The summed E-state index contributed by atoms with van der Waals surface area (Å²) >= 11 is 2.31. The number of allylic oxidation sites excluding steroid dienone is 1. The molecule has 0 spiro atoms. The number of anilines is 1. The van der Waals surface area contributed by atoms with Gasteiger partial charge in [0, 0.05) is 28.7 Å². The maximum Gasteiger partial charge on any atom is 0.352 e. The van der Waals surface area contributed by atoms with Gasteiger partial charge in [-0.05, 0) is 49.6 Å². The van der Waals surface area contributed by atoms with Gasteiger partial charge in [-0.2, -0.15) is 0 Å². The number of nitrogens with zero attached hydrogens (tertiary/aromatic N) is 4. The molecule has 1 unspecified atom stereocenters. The maximum atomic E-state index is 13.4. The molecule has 0 aliphatic carbocycles. The lowest BCUT2D eigenvalue weighted by Crippen LogP contribution is -2.71. The molecule has 4 heterocycles. The van der Waals surface area contributed by atoms with Crippen LogP contribution in [0.25, 0.3) is 6.08 Å². The second-order valence-electron chi connectivity index (χ2n) is 13.6. The third-order valence-electron chi connectivity index (χ3n) is 9.65. The number of carbonyl (C=O) groups is 4. The van der Waals surface area contributed by atoms with Gasteiger partial charge in [0.1, 0.15) is 35.9 Å². The van der Waals surface area contributed by atoms with E-state index >= 15 is 0 Å². The summed E-state index contributed by atoms with van der Waals surface area (Å²) < 4.78 is 0.801. The summed E-state index contributed by atoms with van der Waals surface area (Å²) in [6.07, 6.45) is 4.27. The number of rotatable bonds is 12. The highest BCUT2D eigenvalue weighted by Gasteiger charge is 2.54. The van der Waals surface area contributed by atoms with Crippen molar-refractivity contribution < 1.29 is 48.9 Å². The van der Waals surface area contributed by atoms with Crippen molar-refractivity contribution in [3.63, 3.8) is 0 Å². The van der Waals surface area contributed by atoms with Crippen LogP contribution >= 0.6 is 23.1 Å². The van der Waals surface area contributed by atoms with Gasteiger partial charge in [0.05, 0.1) is 13.1 Å². The highest BCUT2D eigenvalue weighted by molar-refractivity contribution is 8.00. The van der Waals surface area contributed by atoms with Crippen LogP contribution in [0.1, 0.15) is 48.7 Å². The molecule has 53 heavy (non-hydrogen) atoms. The van der Waals surface area contributed by atoms with Crippen molar-refractivity contribution in [1.82, 2.24) is 15.2 Å². The van der Waals surface area contributed by atoms with Gasteiger partial charge in [0.2, 0.25) is 5.60 Å². The second-order valence-corrected chi connectivity index (χ2v) is 15.6. The lowest BCUT2D eigenvalue weighted by molar-refractivity contribution is -0.953. The number of carboxylic acid groups (broad SMARTS) is 2. The topological polar surface area (TPSA) is 225 Å². The number of aliphatic carboxylic acids is 2. The molecule has 17 heteroatoms. The molecule has 3 aliphatic heterocycles. The minimum atomic E-state index is -1.78. The zero-order valence-electron chi connectivity index (χ0n) is 29.1. The van der Waals surface area contributed by atoms with Crippen LogP contribution in [0.5, 0.6) is 11.5 Å². The molecule has 1 fully saturated rings. The first-order chi connectivity index (χ1) is 25.1. The Morgan fingerprint density at radius 3 is 2.45 bits per heavy atom. The summed E-state index contributed by atoms with van der Waals surface area (Å²) in [5, 5.41) is 46.7. The molecule has 2 amide bonds. The number of hydrogen-bond donors (Lipinski definition) is 6. The number of carbonyl (C=O) groups excluding carboxylic acids is 2. The fourth-order valence-electron chi connectivity index (χ4n) is 6.46. The van der Waals surface area contributed by atoms with Gasteiger partial charge >= 0.3 is 11.9 Å². The molecule has 1 aromatic heterocycles. The average Bonchev–Trinajstić information content (AvgIpc) is 3.55. The number of amides is 2. The number of carboxylic acids is 2. The first-order valence-electron chi connectivity index (χ1n) is 16.7. The highest BCUT2D eigenvalue weighted by atomic mass is 32.2. The van der Waals surface area contributed by atoms with Crippen LogP contribution < -0.4 is 11.1 Å².